The van der Waals surface area contributed by atoms with E-state index in [1.807, 2.05) is 65.0 Å². The number of nitrogens with zero attached hydrogens (tertiary/aromatic N) is 6. The minimum absolute atomic E-state index is 0.0930. The fraction of sp³-hybridized carbons (Fsp3) is 0.479. The third kappa shape index (κ3) is 16.3. The molecule has 0 radical (unpaired) electrons. The van der Waals surface area contributed by atoms with E-state index in [1.54, 1.807) is 39.8 Å². The van der Waals surface area contributed by atoms with Gasteiger partial charge in [0.25, 0.3) is 20.2 Å². The Labute approximate surface area is 476 Å². The van der Waals surface area contributed by atoms with Crippen LogP contribution >= 0.6 is 45.1 Å². The summed E-state index contributed by atoms with van der Waals surface area (Å²) in [6.07, 6.45) is 14.8. The number of aliphatic hydroxyl groups excluding tert-OH is 1. The number of fused-ring (bicyclic) bond motifs is 3. The van der Waals surface area contributed by atoms with E-state index in [9.17, 15) is 59.3 Å². The van der Waals surface area contributed by atoms with Gasteiger partial charge in [0.15, 0.2) is 22.7 Å². The number of aromatic nitrogens is 4. The summed E-state index contributed by atoms with van der Waals surface area (Å²) < 4.78 is 124. The van der Waals surface area contributed by atoms with Gasteiger partial charge < -0.3 is 39.6 Å². The largest absolute Gasteiger partial charge is 0.490 e. The molecule has 7 rings (SSSR count). The summed E-state index contributed by atoms with van der Waals surface area (Å²) in [6.45, 7) is 10.5. The third-order valence-electron chi connectivity index (χ3n) is 13.7. The van der Waals surface area contributed by atoms with Crippen LogP contribution in [0, 0.1) is 0 Å². The lowest BCUT2D eigenvalue weighted by molar-refractivity contribution is -0.438. The topological polar surface area (TPSA) is 377 Å². The van der Waals surface area contributed by atoms with Crippen molar-refractivity contribution >= 4 is 105 Å². The molecule has 33 heteroatoms. The van der Waals surface area contributed by atoms with Gasteiger partial charge in [-0.25, -0.2) is 28.6 Å². The zero-order chi connectivity index (χ0) is 59.3. The number of phosphoric ester groups is 1. The summed E-state index contributed by atoms with van der Waals surface area (Å²) in [5.41, 5.74) is 4.53. The van der Waals surface area contributed by atoms with Crippen LogP contribution in [0.1, 0.15) is 103 Å². The second kappa shape index (κ2) is 26.1. The predicted molar refractivity (Wildman–Crippen MR) is 303 cm³/mol. The number of imidazole rings is 1. The highest BCUT2D eigenvalue weighted by Gasteiger charge is 2.46. The van der Waals surface area contributed by atoms with Crippen molar-refractivity contribution in [2.24, 2.45) is 0 Å². The molecule has 2 aromatic carbocycles. The Kier molecular flexibility index (Phi) is 20.8. The highest BCUT2D eigenvalue weighted by molar-refractivity contribution is 8.76. The molecule has 1 amide bonds. The molecule has 5 unspecified atom stereocenters. The fourth-order valence-electron chi connectivity index (χ4n) is 9.81. The first-order valence-corrected chi connectivity index (χ1v) is 35.3. The van der Waals surface area contributed by atoms with Gasteiger partial charge in [-0.05, 0) is 75.6 Å². The van der Waals surface area contributed by atoms with Gasteiger partial charge in [0.05, 0.1) is 34.2 Å². The summed E-state index contributed by atoms with van der Waals surface area (Å²) in [6, 6.07) is 9.35. The van der Waals surface area contributed by atoms with Crippen LogP contribution in [0.15, 0.2) is 94.9 Å². The van der Waals surface area contributed by atoms with Gasteiger partial charge in [0, 0.05) is 71.8 Å². The first-order valence-electron chi connectivity index (χ1n) is 25.4. The van der Waals surface area contributed by atoms with Crippen molar-refractivity contribution in [1.29, 1.82) is 0 Å². The zero-order valence-electron chi connectivity index (χ0n) is 44.6. The number of amides is 1. The van der Waals surface area contributed by atoms with Crippen LogP contribution in [0.4, 0.5) is 17.2 Å². The number of hydrogen-bond donors (Lipinski definition) is 8. The lowest BCUT2D eigenvalue weighted by atomic mass is 9.81. The normalized spacial score (nSPS) is 21.1. The Morgan fingerprint density at radius 1 is 0.840 bits per heavy atom. The molecule has 81 heavy (non-hydrogen) atoms. The van der Waals surface area contributed by atoms with E-state index in [2.05, 4.69) is 42.9 Å². The molecule has 0 spiro atoms. The molecular weight excluding hydrogens is 1200 g/mol. The lowest BCUT2D eigenvalue weighted by Gasteiger charge is -2.25. The predicted octanol–water partition coefficient (Wildman–Crippen LogP) is 8.25. The number of unbranched alkanes of at least 4 members (excludes halogenated alkanes) is 5. The minimum atomic E-state index is -5.74. The van der Waals surface area contributed by atoms with Gasteiger partial charge in [0.2, 0.25) is 11.6 Å². The monoisotopic (exact) mass is 1260 g/mol. The summed E-state index contributed by atoms with van der Waals surface area (Å²) in [4.78, 5) is 64.0. The standard InChI is InChI=1S/C48H64N7O19P3S4/c1-6-53-36-20-18-32(80(65,66)67)26-34(36)47(2,3)40(53)16-12-11-13-17-41-48(4,5)35-27-33(81(68,69)70)19-21-37(35)54(41)23-14-9-7-8-10-15-24-78-79-25-22-42(57)52-45-44-46(50-30-49-45)55(31-51-44)43-28-38(56)39(72-43)29-71-76(61,62)74-77(63,64)73-75(58,59)60/h11-13,16-21,26-27,30-31,38-39,43,56H,6-10,14-15,22-25,28-29H2,1-5H3,(H6-,49,50,52,57,58,59,60,61,62,63,64,65,66,67,68,69,70)/p+1. The van der Waals surface area contributed by atoms with Crippen LogP contribution in [0.2, 0.25) is 0 Å². The molecule has 8 N–H and O–H groups in total. The highest BCUT2D eigenvalue weighted by Crippen LogP contribution is 2.66. The zero-order valence-corrected chi connectivity index (χ0v) is 50.6. The van der Waals surface area contributed by atoms with Gasteiger partial charge in [0.1, 0.15) is 25.2 Å². The quantitative estimate of drug-likeness (QED) is 0.00662. The average Bonchev–Trinajstić information content (AvgIpc) is 4.08. The van der Waals surface area contributed by atoms with E-state index < -0.39 is 79.6 Å². The average molecular weight is 1270 g/mol. The molecule has 26 nitrogen and oxygen atoms in total. The number of likely N-dealkylation sites (N-methyl/N-ethyl adjacent to an activating group) is 1. The van der Waals surface area contributed by atoms with Crippen LogP contribution in [0.5, 0.6) is 0 Å². The van der Waals surface area contributed by atoms with E-state index in [0.717, 1.165) is 78.2 Å². The molecule has 4 aromatic rings. The van der Waals surface area contributed by atoms with Gasteiger partial charge in [-0.15, -0.1) is 0 Å². The van der Waals surface area contributed by atoms with Crippen molar-refractivity contribution in [3.05, 3.63) is 96.3 Å². The molecule has 0 saturated carbocycles. The molecule has 3 aliphatic rings. The van der Waals surface area contributed by atoms with Crippen LogP contribution in [0.25, 0.3) is 11.2 Å². The van der Waals surface area contributed by atoms with Crippen LogP contribution in [-0.2, 0) is 67.4 Å². The Bertz CT molecular complexity index is 3520. The fourth-order valence-corrected chi connectivity index (χ4v) is 16.0. The number of aliphatic hydroxyl groups is 1. The number of phosphoric acid groups is 3. The molecular formula is C48H65N7O19P3S4+. The number of nitrogens with one attached hydrogen (secondary N) is 1. The first kappa shape index (κ1) is 64.6. The summed E-state index contributed by atoms with van der Waals surface area (Å²) in [5.74, 6) is 1.25. The second-order valence-electron chi connectivity index (χ2n) is 20.1. The van der Waals surface area contributed by atoms with E-state index in [-0.39, 0.29) is 45.5 Å². The molecule has 0 aliphatic carbocycles. The number of carbonyl (C=O) groups is 1. The molecule has 5 heterocycles. The minimum Gasteiger partial charge on any atom is -0.390 e. The van der Waals surface area contributed by atoms with Gasteiger partial charge in [-0.2, -0.15) is 30.0 Å². The van der Waals surface area contributed by atoms with Crippen molar-refractivity contribution < 1.29 is 91.6 Å². The number of hydrogen-bond acceptors (Lipinski definition) is 19. The maximum absolute atomic E-state index is 12.9. The second-order valence-corrected chi connectivity index (χ2v) is 30.0. The van der Waals surface area contributed by atoms with E-state index in [4.69, 9.17) is 14.5 Å². The number of anilines is 2. The Hall–Kier alpha value is -4.00. The Morgan fingerprint density at radius 3 is 2.17 bits per heavy atom. The number of allylic oxidation sites excluding steroid dienone is 6. The summed E-state index contributed by atoms with van der Waals surface area (Å²) in [7, 11) is -22.3. The van der Waals surface area contributed by atoms with Crippen molar-refractivity contribution in [3.63, 3.8) is 0 Å². The van der Waals surface area contributed by atoms with Crippen molar-refractivity contribution in [2.75, 3.05) is 41.4 Å². The van der Waals surface area contributed by atoms with Gasteiger partial charge in [-0.3, -0.25) is 23.0 Å². The maximum atomic E-state index is 12.9. The number of rotatable bonds is 28. The van der Waals surface area contributed by atoms with E-state index >= 15 is 0 Å². The van der Waals surface area contributed by atoms with Crippen LogP contribution in [0.3, 0.4) is 0 Å². The number of benzene rings is 2. The summed E-state index contributed by atoms with van der Waals surface area (Å²) in [5, 5.41) is 13.3. The van der Waals surface area contributed by atoms with Crippen molar-refractivity contribution in [2.45, 2.75) is 125 Å². The molecule has 5 atom stereocenters. The van der Waals surface area contributed by atoms with Crippen LogP contribution in [-0.4, -0.2) is 130 Å². The molecule has 3 aliphatic heterocycles. The summed E-state index contributed by atoms with van der Waals surface area (Å²) >= 11 is 0. The van der Waals surface area contributed by atoms with Gasteiger partial charge in [-0.1, -0.05) is 72.9 Å². The number of ether oxygens (including phenoxy) is 1. The number of carbonyl (C=O) groups excluding carboxylic acids is 1. The van der Waals surface area contributed by atoms with Crippen molar-refractivity contribution in [3.8, 4) is 0 Å². The smallest absolute Gasteiger partial charge is 0.390 e. The molecule has 0 bridgehead atoms. The molecule has 1 saturated heterocycles. The van der Waals surface area contributed by atoms with Crippen molar-refractivity contribution in [1.82, 2.24) is 19.5 Å². The third-order valence-corrected chi connectivity index (χ3v) is 21.7. The molecule has 2 aromatic heterocycles. The highest BCUT2D eigenvalue weighted by atomic mass is 33.1. The Balaban J connectivity index is 0.839. The molecule has 444 valence electrons. The van der Waals surface area contributed by atoms with E-state index in [0.29, 0.717) is 18.8 Å². The SMILES string of the molecule is CCN1C(=CC=CC=CC2=[N+](CCCCCCCCSSCCC(=O)Nc3ncnc4c3ncn4C3CC(O)C(COP(=O)(O)OP(=O)(O)OP(=O)(O)O)O3)c3ccc(S(=O)(=O)O)cc3C2(C)C)C(C)(C)c2cc(S(=O)(=O)O)ccc21. The first-order chi connectivity index (χ1) is 37.8. The van der Waals surface area contributed by atoms with Crippen LogP contribution < -0.4 is 10.2 Å². The maximum Gasteiger partial charge on any atom is 0.490 e. The molecule has 1 fully saturated rings. The van der Waals surface area contributed by atoms with Gasteiger partial charge >= 0.3 is 23.5 Å². The lowest BCUT2D eigenvalue weighted by Crippen LogP contribution is -2.28. The van der Waals surface area contributed by atoms with E-state index in [1.165, 1.54) is 35.4 Å². The Morgan fingerprint density at radius 2 is 1.49 bits per heavy atom.